The zero-order chi connectivity index (χ0) is 13.3. The molecule has 0 unspecified atom stereocenters. The summed E-state index contributed by atoms with van der Waals surface area (Å²) in [5.41, 5.74) is 0. The molecule has 0 aliphatic heterocycles. The minimum atomic E-state index is -1.31. The van der Waals surface area contributed by atoms with Crippen LogP contribution in [0.4, 0.5) is 4.79 Å². The molecule has 4 N–H and O–H groups in total. The highest BCUT2D eigenvalue weighted by Gasteiger charge is 2.21. The van der Waals surface area contributed by atoms with Crippen molar-refractivity contribution in [2.45, 2.75) is 25.8 Å². The maximum absolute atomic E-state index is 11.6. The molecule has 0 aromatic carbocycles. The van der Waals surface area contributed by atoms with Gasteiger partial charge in [0.2, 0.25) is 0 Å². The van der Waals surface area contributed by atoms with Crippen LogP contribution < -0.4 is 5.32 Å². The van der Waals surface area contributed by atoms with Gasteiger partial charge in [0.05, 0.1) is 13.2 Å². The molecule has 0 aromatic heterocycles. The zero-order valence-corrected chi connectivity index (χ0v) is 9.93. The standard InChI is InChI=1S/C10H20N2O5/c1-2-3-4-12(5-6-13)10(17)11-8(7-14)9(15)16/h8,13-14H,2-7H2,1H3,(H,11,17)(H,15,16)/t8-/m0/s1. The van der Waals surface area contributed by atoms with Gasteiger partial charge in [-0.1, -0.05) is 13.3 Å². The third kappa shape index (κ3) is 6.08. The summed E-state index contributed by atoms with van der Waals surface area (Å²) in [6.45, 7) is 1.70. The number of hydrogen-bond donors (Lipinski definition) is 4. The first kappa shape index (κ1) is 15.7. The van der Waals surface area contributed by atoms with Crippen molar-refractivity contribution in [3.8, 4) is 0 Å². The second-order valence-corrected chi connectivity index (χ2v) is 3.59. The van der Waals surface area contributed by atoms with Crippen LogP contribution >= 0.6 is 0 Å². The van der Waals surface area contributed by atoms with E-state index in [0.29, 0.717) is 6.54 Å². The molecule has 17 heavy (non-hydrogen) atoms. The molecule has 0 radical (unpaired) electrons. The molecular weight excluding hydrogens is 228 g/mol. The number of unbranched alkanes of at least 4 members (excludes halogenated alkanes) is 1. The summed E-state index contributed by atoms with van der Waals surface area (Å²) in [4.78, 5) is 23.6. The van der Waals surface area contributed by atoms with Gasteiger partial charge in [0.25, 0.3) is 0 Å². The van der Waals surface area contributed by atoms with E-state index in [4.69, 9.17) is 15.3 Å². The molecule has 0 aliphatic carbocycles. The molecule has 2 amide bonds. The van der Waals surface area contributed by atoms with E-state index in [1.165, 1.54) is 4.90 Å². The third-order valence-corrected chi connectivity index (χ3v) is 2.22. The van der Waals surface area contributed by atoms with Crippen LogP contribution in [-0.4, -0.2) is 64.6 Å². The van der Waals surface area contributed by atoms with E-state index in [-0.39, 0.29) is 13.2 Å². The first-order valence-electron chi connectivity index (χ1n) is 5.56. The van der Waals surface area contributed by atoms with Gasteiger partial charge in [0.15, 0.2) is 6.04 Å². The van der Waals surface area contributed by atoms with Crippen molar-refractivity contribution in [2.24, 2.45) is 0 Å². The maximum atomic E-state index is 11.6. The van der Waals surface area contributed by atoms with Crippen LogP contribution in [0.2, 0.25) is 0 Å². The van der Waals surface area contributed by atoms with Crippen LogP contribution in [0, 0.1) is 0 Å². The van der Waals surface area contributed by atoms with Gasteiger partial charge in [-0.3, -0.25) is 0 Å². The number of rotatable bonds is 8. The quantitative estimate of drug-likeness (QED) is 0.451. The summed E-state index contributed by atoms with van der Waals surface area (Å²) in [7, 11) is 0. The van der Waals surface area contributed by atoms with Crippen molar-refractivity contribution in [1.82, 2.24) is 10.2 Å². The number of hydrogen-bond acceptors (Lipinski definition) is 4. The van der Waals surface area contributed by atoms with E-state index in [1.807, 2.05) is 6.92 Å². The monoisotopic (exact) mass is 248 g/mol. The lowest BCUT2D eigenvalue weighted by Crippen LogP contribution is -2.50. The Morgan fingerprint density at radius 1 is 1.29 bits per heavy atom. The first-order valence-corrected chi connectivity index (χ1v) is 5.56. The second-order valence-electron chi connectivity index (χ2n) is 3.59. The summed E-state index contributed by atoms with van der Waals surface area (Å²) in [6, 6.07) is -1.90. The number of aliphatic hydroxyl groups is 2. The molecule has 100 valence electrons. The molecule has 0 aliphatic rings. The number of urea groups is 1. The molecule has 7 nitrogen and oxygen atoms in total. The highest BCUT2D eigenvalue weighted by molar-refractivity contribution is 5.82. The van der Waals surface area contributed by atoms with Crippen molar-refractivity contribution >= 4 is 12.0 Å². The number of carboxylic acid groups (broad SMARTS) is 1. The smallest absolute Gasteiger partial charge is 0.328 e. The average molecular weight is 248 g/mol. The largest absolute Gasteiger partial charge is 0.480 e. The van der Waals surface area contributed by atoms with Crippen LogP contribution in [0.3, 0.4) is 0 Å². The molecule has 0 heterocycles. The number of aliphatic hydroxyl groups excluding tert-OH is 2. The van der Waals surface area contributed by atoms with Crippen LogP contribution in [0.15, 0.2) is 0 Å². The SMILES string of the molecule is CCCCN(CCO)C(=O)N[C@@H](CO)C(=O)O. The molecule has 0 bridgehead atoms. The van der Waals surface area contributed by atoms with Gasteiger partial charge in [-0.15, -0.1) is 0 Å². The molecule has 7 heteroatoms. The normalized spacial score (nSPS) is 11.9. The minimum Gasteiger partial charge on any atom is -0.480 e. The van der Waals surface area contributed by atoms with Gasteiger partial charge in [0.1, 0.15) is 0 Å². The number of nitrogens with zero attached hydrogens (tertiary/aromatic N) is 1. The van der Waals surface area contributed by atoms with Gasteiger partial charge >= 0.3 is 12.0 Å². The Hall–Kier alpha value is -1.34. The van der Waals surface area contributed by atoms with Gasteiger partial charge in [-0.2, -0.15) is 0 Å². The van der Waals surface area contributed by atoms with Crippen LogP contribution in [0.5, 0.6) is 0 Å². The Kier molecular flexibility index (Phi) is 8.08. The number of carboxylic acids is 1. The van der Waals surface area contributed by atoms with Crippen molar-refractivity contribution < 1.29 is 24.9 Å². The lowest BCUT2D eigenvalue weighted by atomic mass is 10.3. The number of carbonyl (C=O) groups excluding carboxylic acids is 1. The van der Waals surface area contributed by atoms with E-state index in [1.54, 1.807) is 0 Å². The van der Waals surface area contributed by atoms with Crippen molar-refractivity contribution in [2.75, 3.05) is 26.3 Å². The van der Waals surface area contributed by atoms with Gasteiger partial charge in [0, 0.05) is 13.1 Å². The fourth-order valence-corrected chi connectivity index (χ4v) is 1.21. The number of aliphatic carboxylic acids is 1. The van der Waals surface area contributed by atoms with Crippen molar-refractivity contribution in [3.05, 3.63) is 0 Å². The molecule has 0 fully saturated rings. The van der Waals surface area contributed by atoms with Crippen molar-refractivity contribution in [1.29, 1.82) is 0 Å². The maximum Gasteiger partial charge on any atom is 0.328 e. The lowest BCUT2D eigenvalue weighted by molar-refractivity contribution is -0.140. The van der Waals surface area contributed by atoms with Crippen LogP contribution in [-0.2, 0) is 4.79 Å². The van der Waals surface area contributed by atoms with E-state index < -0.39 is 24.6 Å². The fourth-order valence-electron chi connectivity index (χ4n) is 1.21. The summed E-state index contributed by atoms with van der Waals surface area (Å²) < 4.78 is 0. The summed E-state index contributed by atoms with van der Waals surface area (Å²) in [5.74, 6) is -1.29. The van der Waals surface area contributed by atoms with Crippen LogP contribution in [0.25, 0.3) is 0 Å². The summed E-state index contributed by atoms with van der Waals surface area (Å²) >= 11 is 0. The van der Waals surface area contributed by atoms with Gasteiger partial charge in [-0.05, 0) is 6.42 Å². The fraction of sp³-hybridized carbons (Fsp3) is 0.800. The highest BCUT2D eigenvalue weighted by Crippen LogP contribution is 1.97. The Bertz CT molecular complexity index is 247. The van der Waals surface area contributed by atoms with Gasteiger partial charge in [-0.25, -0.2) is 9.59 Å². The predicted molar refractivity (Wildman–Crippen MR) is 60.6 cm³/mol. The third-order valence-electron chi connectivity index (χ3n) is 2.22. The zero-order valence-electron chi connectivity index (χ0n) is 9.93. The number of nitrogens with one attached hydrogen (secondary N) is 1. The topological polar surface area (TPSA) is 110 Å². The Balaban J connectivity index is 4.33. The Morgan fingerprint density at radius 3 is 2.35 bits per heavy atom. The van der Waals surface area contributed by atoms with E-state index in [9.17, 15) is 9.59 Å². The molecule has 0 saturated heterocycles. The Labute approximate surface area is 100 Å². The number of carbonyl (C=O) groups is 2. The lowest BCUT2D eigenvalue weighted by Gasteiger charge is -2.23. The predicted octanol–water partition coefficient (Wildman–Crippen LogP) is -0.764. The van der Waals surface area contributed by atoms with E-state index in [2.05, 4.69) is 5.32 Å². The minimum absolute atomic E-state index is 0.142. The van der Waals surface area contributed by atoms with E-state index in [0.717, 1.165) is 12.8 Å². The number of amides is 2. The van der Waals surface area contributed by atoms with Crippen molar-refractivity contribution in [3.63, 3.8) is 0 Å². The molecule has 0 rings (SSSR count). The van der Waals surface area contributed by atoms with E-state index >= 15 is 0 Å². The average Bonchev–Trinajstić information content (AvgIpc) is 2.30. The Morgan fingerprint density at radius 2 is 1.94 bits per heavy atom. The first-order chi connectivity index (χ1) is 8.06. The molecule has 0 saturated carbocycles. The molecule has 0 spiro atoms. The summed E-state index contributed by atoms with van der Waals surface area (Å²) in [5, 5.41) is 28.4. The molecule has 0 aromatic rings. The van der Waals surface area contributed by atoms with Crippen LogP contribution in [0.1, 0.15) is 19.8 Å². The second kappa shape index (κ2) is 8.77. The highest BCUT2D eigenvalue weighted by atomic mass is 16.4. The van der Waals surface area contributed by atoms with Gasteiger partial charge < -0.3 is 25.5 Å². The molecular formula is C10H20N2O5. The molecule has 1 atom stereocenters. The summed E-state index contributed by atoms with van der Waals surface area (Å²) in [6.07, 6.45) is 1.65.